The summed E-state index contributed by atoms with van der Waals surface area (Å²) in [6.07, 6.45) is 2.82. The zero-order valence-electron chi connectivity index (χ0n) is 12.1. The van der Waals surface area contributed by atoms with Gasteiger partial charge in [-0.25, -0.2) is 0 Å². The number of carbonyl (C=O) groups excluding carboxylic acids is 1. The summed E-state index contributed by atoms with van der Waals surface area (Å²) < 4.78 is 11.1. The van der Waals surface area contributed by atoms with Crippen molar-refractivity contribution in [3.63, 3.8) is 0 Å². The number of hydrogen-bond acceptors (Lipinski definition) is 4. The van der Waals surface area contributed by atoms with Gasteiger partial charge in [-0.2, -0.15) is 0 Å². The van der Waals surface area contributed by atoms with Gasteiger partial charge in [0.25, 0.3) is 5.91 Å². The minimum absolute atomic E-state index is 0.00366. The fourth-order valence-corrected chi connectivity index (χ4v) is 3.32. The van der Waals surface area contributed by atoms with Crippen LogP contribution in [-0.4, -0.2) is 62.1 Å². The van der Waals surface area contributed by atoms with Gasteiger partial charge < -0.3 is 19.0 Å². The lowest BCUT2D eigenvalue weighted by molar-refractivity contribution is 0.0453. The smallest absolute Gasteiger partial charge is 0.289 e. The van der Waals surface area contributed by atoms with Crippen LogP contribution in [0.2, 0.25) is 0 Å². The molecule has 2 aliphatic rings. The molecule has 1 aromatic heterocycles. The minimum atomic E-state index is 0.00366. The minimum Gasteiger partial charge on any atom is -0.459 e. The summed E-state index contributed by atoms with van der Waals surface area (Å²) in [4.78, 5) is 16.4. The third kappa shape index (κ3) is 2.60. The van der Waals surface area contributed by atoms with E-state index in [9.17, 15) is 4.79 Å². The van der Waals surface area contributed by atoms with Gasteiger partial charge in [-0.05, 0) is 38.6 Å². The van der Waals surface area contributed by atoms with Gasteiger partial charge in [0.05, 0.1) is 19.0 Å². The van der Waals surface area contributed by atoms with Crippen molar-refractivity contribution in [3.05, 3.63) is 24.2 Å². The first-order valence-corrected chi connectivity index (χ1v) is 7.24. The number of furan rings is 1. The van der Waals surface area contributed by atoms with Crippen LogP contribution >= 0.6 is 0 Å². The second-order valence-electron chi connectivity index (χ2n) is 6.08. The zero-order chi connectivity index (χ0) is 14.1. The van der Waals surface area contributed by atoms with Crippen molar-refractivity contribution < 1.29 is 13.9 Å². The predicted molar refractivity (Wildman–Crippen MR) is 74.5 cm³/mol. The van der Waals surface area contributed by atoms with Crippen LogP contribution in [0.3, 0.4) is 0 Å². The predicted octanol–water partition coefficient (Wildman–Crippen LogP) is 1.32. The van der Waals surface area contributed by atoms with Crippen molar-refractivity contribution >= 4 is 5.91 Å². The second-order valence-corrected chi connectivity index (χ2v) is 6.08. The van der Waals surface area contributed by atoms with Gasteiger partial charge >= 0.3 is 0 Å². The first kappa shape index (κ1) is 13.6. The highest BCUT2D eigenvalue weighted by Crippen LogP contribution is 2.34. The van der Waals surface area contributed by atoms with Crippen molar-refractivity contribution in [1.29, 1.82) is 0 Å². The SMILES string of the molecule is CN(C)C[C@H]1OC[C@@H]2CCN(C(=O)c3ccco3)C[C@@H]21. The topological polar surface area (TPSA) is 45.9 Å². The molecule has 0 saturated carbocycles. The van der Waals surface area contributed by atoms with Crippen molar-refractivity contribution in [2.45, 2.75) is 12.5 Å². The van der Waals surface area contributed by atoms with Crippen LogP contribution in [0.5, 0.6) is 0 Å². The average molecular weight is 278 g/mol. The fraction of sp³-hybridized carbons (Fsp3) is 0.667. The molecule has 0 aliphatic carbocycles. The van der Waals surface area contributed by atoms with E-state index in [1.165, 1.54) is 0 Å². The summed E-state index contributed by atoms with van der Waals surface area (Å²) in [5, 5.41) is 0. The lowest BCUT2D eigenvalue weighted by atomic mass is 9.84. The van der Waals surface area contributed by atoms with E-state index >= 15 is 0 Å². The van der Waals surface area contributed by atoms with Crippen molar-refractivity contribution in [2.24, 2.45) is 11.8 Å². The molecular formula is C15H22N2O3. The highest BCUT2D eigenvalue weighted by atomic mass is 16.5. The van der Waals surface area contributed by atoms with Crippen LogP contribution in [0.4, 0.5) is 0 Å². The molecule has 2 saturated heterocycles. The Bertz CT molecular complexity index is 458. The highest BCUT2D eigenvalue weighted by Gasteiger charge is 2.42. The molecule has 2 fully saturated rings. The van der Waals surface area contributed by atoms with E-state index < -0.39 is 0 Å². The van der Waals surface area contributed by atoms with Crippen LogP contribution in [0.15, 0.2) is 22.8 Å². The van der Waals surface area contributed by atoms with Crippen molar-refractivity contribution in [1.82, 2.24) is 9.80 Å². The van der Waals surface area contributed by atoms with Crippen molar-refractivity contribution in [2.75, 3.05) is 40.3 Å². The van der Waals surface area contributed by atoms with E-state index in [-0.39, 0.29) is 12.0 Å². The number of amides is 1. The van der Waals surface area contributed by atoms with E-state index in [1.807, 2.05) is 4.90 Å². The number of piperidine rings is 1. The summed E-state index contributed by atoms with van der Waals surface area (Å²) in [6.45, 7) is 3.34. The first-order valence-electron chi connectivity index (χ1n) is 7.24. The Kier molecular flexibility index (Phi) is 3.81. The molecule has 3 atom stereocenters. The molecule has 0 bridgehead atoms. The lowest BCUT2D eigenvalue weighted by Crippen LogP contribution is -2.46. The number of likely N-dealkylation sites (tertiary alicyclic amines) is 1. The molecular weight excluding hydrogens is 256 g/mol. The fourth-order valence-electron chi connectivity index (χ4n) is 3.32. The van der Waals surface area contributed by atoms with E-state index in [2.05, 4.69) is 19.0 Å². The maximum atomic E-state index is 12.4. The van der Waals surface area contributed by atoms with Crippen molar-refractivity contribution in [3.8, 4) is 0 Å². The van der Waals surface area contributed by atoms with E-state index in [1.54, 1.807) is 18.4 Å². The molecule has 0 radical (unpaired) electrons. The molecule has 0 aromatic carbocycles. The Labute approximate surface area is 119 Å². The lowest BCUT2D eigenvalue weighted by Gasteiger charge is -2.36. The molecule has 0 N–H and O–H groups in total. The van der Waals surface area contributed by atoms with Gasteiger partial charge in [-0.15, -0.1) is 0 Å². The highest BCUT2D eigenvalue weighted by molar-refractivity contribution is 5.91. The number of nitrogens with zero attached hydrogens (tertiary/aromatic N) is 2. The Morgan fingerprint density at radius 1 is 1.50 bits per heavy atom. The Morgan fingerprint density at radius 2 is 2.35 bits per heavy atom. The van der Waals surface area contributed by atoms with Gasteiger partial charge in [0.1, 0.15) is 0 Å². The third-order valence-corrected chi connectivity index (χ3v) is 4.37. The van der Waals surface area contributed by atoms with E-state index in [4.69, 9.17) is 9.15 Å². The number of fused-ring (bicyclic) bond motifs is 1. The third-order valence-electron chi connectivity index (χ3n) is 4.37. The molecule has 5 heteroatoms. The van der Waals surface area contributed by atoms with E-state index in [0.29, 0.717) is 17.6 Å². The number of hydrogen-bond donors (Lipinski definition) is 0. The van der Waals surface area contributed by atoms with Crippen LogP contribution in [0.1, 0.15) is 17.0 Å². The Balaban J connectivity index is 1.67. The van der Waals surface area contributed by atoms with Crippen LogP contribution < -0.4 is 0 Å². The van der Waals surface area contributed by atoms with Crippen LogP contribution in [0, 0.1) is 11.8 Å². The monoisotopic (exact) mass is 278 g/mol. The van der Waals surface area contributed by atoms with Gasteiger partial charge in [-0.3, -0.25) is 4.79 Å². The molecule has 110 valence electrons. The summed E-state index contributed by atoms with van der Waals surface area (Å²) in [6, 6.07) is 3.49. The molecule has 5 nitrogen and oxygen atoms in total. The number of likely N-dealkylation sites (N-methyl/N-ethyl adjacent to an activating group) is 1. The summed E-state index contributed by atoms with van der Waals surface area (Å²) in [5.41, 5.74) is 0. The summed E-state index contributed by atoms with van der Waals surface area (Å²) >= 11 is 0. The number of rotatable bonds is 3. The van der Waals surface area contributed by atoms with Crippen LogP contribution in [0.25, 0.3) is 0 Å². The van der Waals surface area contributed by atoms with Gasteiger partial charge in [-0.1, -0.05) is 0 Å². The Morgan fingerprint density at radius 3 is 3.05 bits per heavy atom. The van der Waals surface area contributed by atoms with Gasteiger partial charge in [0, 0.05) is 25.6 Å². The number of ether oxygens (including phenoxy) is 1. The maximum absolute atomic E-state index is 12.4. The summed E-state index contributed by atoms with van der Waals surface area (Å²) in [7, 11) is 4.12. The molecule has 2 aliphatic heterocycles. The summed E-state index contributed by atoms with van der Waals surface area (Å²) in [5.74, 6) is 1.49. The maximum Gasteiger partial charge on any atom is 0.289 e. The zero-order valence-corrected chi connectivity index (χ0v) is 12.1. The number of carbonyl (C=O) groups is 1. The molecule has 20 heavy (non-hydrogen) atoms. The largest absolute Gasteiger partial charge is 0.459 e. The molecule has 0 spiro atoms. The molecule has 0 unspecified atom stereocenters. The van der Waals surface area contributed by atoms with Gasteiger partial charge in [0.15, 0.2) is 5.76 Å². The standard InChI is InChI=1S/C15H22N2O3/c1-16(2)9-14-12-8-17(6-5-11(12)10-20-14)15(18)13-4-3-7-19-13/h3-4,7,11-12,14H,5-6,8-10H2,1-2H3/t11-,12-,14+/m0/s1. The molecule has 3 heterocycles. The molecule has 1 amide bonds. The normalized spacial score (nSPS) is 29.8. The first-order chi connectivity index (χ1) is 9.65. The van der Waals surface area contributed by atoms with Crippen LogP contribution in [-0.2, 0) is 4.74 Å². The van der Waals surface area contributed by atoms with E-state index in [0.717, 1.165) is 32.7 Å². The second kappa shape index (κ2) is 5.58. The molecule has 3 rings (SSSR count). The average Bonchev–Trinajstić information content (AvgIpc) is 3.07. The van der Waals surface area contributed by atoms with Gasteiger partial charge in [0.2, 0.25) is 0 Å². The Hall–Kier alpha value is -1.33. The quantitative estimate of drug-likeness (QED) is 0.836. The molecule has 1 aromatic rings.